The van der Waals surface area contributed by atoms with Gasteiger partial charge in [-0.15, -0.1) is 0 Å². The summed E-state index contributed by atoms with van der Waals surface area (Å²) in [5.41, 5.74) is 4.37. The van der Waals surface area contributed by atoms with Crippen molar-refractivity contribution in [1.82, 2.24) is 5.43 Å². The van der Waals surface area contributed by atoms with E-state index >= 15 is 0 Å². The number of halogens is 5. The third-order valence-electron chi connectivity index (χ3n) is 3.89. The molecule has 3 aromatic rings. The van der Waals surface area contributed by atoms with Crippen LogP contribution < -0.4 is 10.2 Å². The zero-order chi connectivity index (χ0) is 21.7. The van der Waals surface area contributed by atoms with Crippen LogP contribution in [0.1, 0.15) is 21.5 Å². The van der Waals surface area contributed by atoms with E-state index in [1.165, 1.54) is 30.5 Å². The average Bonchev–Trinajstić information content (AvgIpc) is 2.69. The zero-order valence-electron chi connectivity index (χ0n) is 15.1. The number of carbonyl (C=O) groups is 1. The van der Waals surface area contributed by atoms with Gasteiger partial charge in [0, 0.05) is 21.2 Å². The molecule has 3 aromatic carbocycles. The molecule has 1 amide bonds. The van der Waals surface area contributed by atoms with Crippen LogP contribution in [0.5, 0.6) is 5.75 Å². The number of benzene rings is 3. The van der Waals surface area contributed by atoms with Gasteiger partial charge in [0.2, 0.25) is 0 Å². The molecule has 3 rings (SSSR count). The number of carbonyl (C=O) groups excluding carboxylic acids is 1. The summed E-state index contributed by atoms with van der Waals surface area (Å²) in [6.07, 6.45) is 1.53. The quantitative estimate of drug-likeness (QED) is 0.181. The smallest absolute Gasteiger partial charge is 0.271 e. The number of hydrogen-bond donors (Lipinski definition) is 1. The van der Waals surface area contributed by atoms with Gasteiger partial charge < -0.3 is 4.74 Å². The predicted molar refractivity (Wildman–Crippen MR) is 134 cm³/mol. The van der Waals surface area contributed by atoms with Crippen LogP contribution in [0.4, 0.5) is 4.39 Å². The van der Waals surface area contributed by atoms with Gasteiger partial charge in [-0.2, -0.15) is 5.10 Å². The Kier molecular flexibility index (Phi) is 8.32. The van der Waals surface area contributed by atoms with Crippen molar-refractivity contribution in [3.63, 3.8) is 0 Å². The zero-order valence-corrected chi connectivity index (χ0v) is 21.0. The van der Waals surface area contributed by atoms with Gasteiger partial charge in [0.05, 0.1) is 13.4 Å². The third-order valence-corrected chi connectivity index (χ3v) is 6.08. The fraction of sp³-hybridized carbons (Fsp3) is 0.0476. The van der Waals surface area contributed by atoms with Crippen molar-refractivity contribution < 1.29 is 13.9 Å². The second kappa shape index (κ2) is 10.7. The van der Waals surface area contributed by atoms with E-state index in [1.807, 2.05) is 18.2 Å². The van der Waals surface area contributed by atoms with Crippen molar-refractivity contribution in [3.05, 3.63) is 94.3 Å². The Balaban J connectivity index is 1.65. The van der Waals surface area contributed by atoms with Crippen molar-refractivity contribution in [2.75, 3.05) is 0 Å². The summed E-state index contributed by atoms with van der Waals surface area (Å²) in [5.74, 6) is -0.0926. The van der Waals surface area contributed by atoms with E-state index in [-0.39, 0.29) is 0 Å². The minimum Gasteiger partial charge on any atom is -0.487 e. The minimum atomic E-state index is -0.421. The summed E-state index contributed by atoms with van der Waals surface area (Å²) < 4.78 is 20.7. The molecule has 0 saturated heterocycles. The Hall–Kier alpha value is -1.43. The summed E-state index contributed by atoms with van der Waals surface area (Å²) in [6.45, 7) is 0.309. The second-order valence-corrected chi connectivity index (χ2v) is 9.21. The van der Waals surface area contributed by atoms with E-state index in [0.717, 1.165) is 24.0 Å². The summed E-state index contributed by atoms with van der Waals surface area (Å²) in [6, 6.07) is 14.3. The SMILES string of the molecule is O=C(N/N=C\c1cc(I)c(OCc2ccc(Cl)cc2Cl)c(I)c1)c1ccc(F)cc1. The van der Waals surface area contributed by atoms with Crippen LogP contribution in [0.3, 0.4) is 0 Å². The van der Waals surface area contributed by atoms with Gasteiger partial charge in [-0.3, -0.25) is 4.79 Å². The highest BCUT2D eigenvalue weighted by molar-refractivity contribution is 14.1. The number of hydrazone groups is 1. The van der Waals surface area contributed by atoms with Crippen molar-refractivity contribution in [2.45, 2.75) is 6.61 Å². The van der Waals surface area contributed by atoms with E-state index in [2.05, 4.69) is 55.7 Å². The lowest BCUT2D eigenvalue weighted by molar-refractivity contribution is 0.0955. The summed E-state index contributed by atoms with van der Waals surface area (Å²) in [7, 11) is 0. The Bertz CT molecular complexity index is 1090. The molecule has 0 radical (unpaired) electrons. The Labute approximate surface area is 210 Å². The molecule has 0 bridgehead atoms. The third kappa shape index (κ3) is 6.29. The molecular formula is C21H13Cl2FI2N2O2. The lowest BCUT2D eigenvalue weighted by Crippen LogP contribution is -2.17. The largest absolute Gasteiger partial charge is 0.487 e. The monoisotopic (exact) mass is 668 g/mol. The molecule has 30 heavy (non-hydrogen) atoms. The molecule has 4 nitrogen and oxygen atoms in total. The highest BCUT2D eigenvalue weighted by Crippen LogP contribution is 2.30. The molecule has 0 aliphatic rings. The first kappa shape index (κ1) is 23.2. The molecule has 0 unspecified atom stereocenters. The van der Waals surface area contributed by atoms with Crippen molar-refractivity contribution >= 4 is 80.5 Å². The van der Waals surface area contributed by atoms with Gasteiger partial charge in [0.15, 0.2) is 0 Å². The first-order valence-electron chi connectivity index (χ1n) is 8.48. The van der Waals surface area contributed by atoms with Gasteiger partial charge in [0.1, 0.15) is 18.2 Å². The number of ether oxygens (including phenoxy) is 1. The second-order valence-electron chi connectivity index (χ2n) is 6.04. The van der Waals surface area contributed by atoms with Crippen molar-refractivity contribution in [2.24, 2.45) is 5.10 Å². The number of rotatable bonds is 6. The van der Waals surface area contributed by atoms with Crippen LogP contribution in [0.15, 0.2) is 59.7 Å². The van der Waals surface area contributed by atoms with Crippen LogP contribution >= 0.6 is 68.4 Å². The molecule has 0 aliphatic carbocycles. The van der Waals surface area contributed by atoms with Crippen LogP contribution in [0, 0.1) is 13.0 Å². The molecule has 0 saturated carbocycles. The molecule has 0 aromatic heterocycles. The summed E-state index contributed by atoms with van der Waals surface area (Å²) >= 11 is 16.5. The first-order chi connectivity index (χ1) is 14.3. The lowest BCUT2D eigenvalue weighted by atomic mass is 10.2. The van der Waals surface area contributed by atoms with Crippen molar-refractivity contribution in [1.29, 1.82) is 0 Å². The summed E-state index contributed by atoms with van der Waals surface area (Å²) in [4.78, 5) is 12.0. The van der Waals surface area contributed by atoms with Gasteiger partial charge in [-0.25, -0.2) is 9.82 Å². The molecule has 0 heterocycles. The van der Waals surface area contributed by atoms with E-state index in [0.29, 0.717) is 22.2 Å². The number of amides is 1. The van der Waals surface area contributed by atoms with Crippen LogP contribution in [-0.2, 0) is 6.61 Å². The normalized spacial score (nSPS) is 11.0. The van der Waals surface area contributed by atoms with Crippen LogP contribution in [-0.4, -0.2) is 12.1 Å². The van der Waals surface area contributed by atoms with Crippen LogP contribution in [0.2, 0.25) is 10.0 Å². The molecule has 9 heteroatoms. The van der Waals surface area contributed by atoms with Crippen LogP contribution in [0.25, 0.3) is 0 Å². The highest BCUT2D eigenvalue weighted by Gasteiger charge is 2.10. The minimum absolute atomic E-state index is 0.309. The topological polar surface area (TPSA) is 50.7 Å². The van der Waals surface area contributed by atoms with E-state index in [9.17, 15) is 9.18 Å². The maximum absolute atomic E-state index is 12.9. The lowest BCUT2D eigenvalue weighted by Gasteiger charge is -2.12. The Morgan fingerprint density at radius 3 is 2.37 bits per heavy atom. The number of nitrogens with one attached hydrogen (secondary N) is 1. The van der Waals surface area contributed by atoms with E-state index in [1.54, 1.807) is 12.1 Å². The van der Waals surface area contributed by atoms with Gasteiger partial charge >= 0.3 is 0 Å². The molecule has 1 N–H and O–H groups in total. The fourth-order valence-corrected chi connectivity index (χ4v) is 5.00. The van der Waals surface area contributed by atoms with Gasteiger partial charge in [-0.05, 0) is 99.3 Å². The predicted octanol–water partition coefficient (Wildman–Crippen LogP) is 6.68. The molecule has 0 atom stereocenters. The fourth-order valence-electron chi connectivity index (χ4n) is 2.41. The maximum Gasteiger partial charge on any atom is 0.271 e. The highest BCUT2D eigenvalue weighted by atomic mass is 127. The Morgan fingerprint density at radius 1 is 1.07 bits per heavy atom. The molecule has 0 spiro atoms. The van der Waals surface area contributed by atoms with Gasteiger partial charge in [0.25, 0.3) is 5.91 Å². The first-order valence-corrected chi connectivity index (χ1v) is 11.4. The van der Waals surface area contributed by atoms with Gasteiger partial charge in [-0.1, -0.05) is 29.3 Å². The maximum atomic E-state index is 12.9. The summed E-state index contributed by atoms with van der Waals surface area (Å²) in [5, 5.41) is 5.09. The average molecular weight is 669 g/mol. The molecule has 0 fully saturated rings. The molecule has 154 valence electrons. The number of nitrogens with zero attached hydrogens (tertiary/aromatic N) is 1. The van der Waals surface area contributed by atoms with E-state index < -0.39 is 11.7 Å². The standard InChI is InChI=1S/C21H13Cl2FI2N2O2/c22-15-4-1-14(17(23)9-15)11-30-20-18(25)7-12(8-19(20)26)10-27-28-21(29)13-2-5-16(24)6-3-13/h1-10H,11H2,(H,28,29)/b27-10-. The van der Waals surface area contributed by atoms with Crippen molar-refractivity contribution in [3.8, 4) is 5.75 Å². The Morgan fingerprint density at radius 2 is 1.73 bits per heavy atom. The van der Waals surface area contributed by atoms with E-state index in [4.69, 9.17) is 27.9 Å². The molecule has 0 aliphatic heterocycles. The number of hydrogen-bond acceptors (Lipinski definition) is 3. The molecular weight excluding hydrogens is 656 g/mol.